The summed E-state index contributed by atoms with van der Waals surface area (Å²) in [6.07, 6.45) is 7.02. The van der Waals surface area contributed by atoms with Gasteiger partial charge in [0.25, 0.3) is 0 Å². The van der Waals surface area contributed by atoms with E-state index in [2.05, 4.69) is 20.9 Å². The van der Waals surface area contributed by atoms with Gasteiger partial charge in [0.2, 0.25) is 0 Å². The highest BCUT2D eigenvalue weighted by Crippen LogP contribution is 2.26. The number of hydrogen-bond donors (Lipinski definition) is 0. The molecule has 22 heavy (non-hydrogen) atoms. The van der Waals surface area contributed by atoms with Crippen LogP contribution in [0.5, 0.6) is 0 Å². The number of likely N-dealkylation sites (tertiary alicyclic amines) is 1. The summed E-state index contributed by atoms with van der Waals surface area (Å²) >= 11 is 0. The highest BCUT2D eigenvalue weighted by molar-refractivity contribution is 5.09. The van der Waals surface area contributed by atoms with Gasteiger partial charge < -0.3 is 9.47 Å². The minimum Gasteiger partial charge on any atom is -0.377 e. The molecule has 1 aromatic heterocycles. The molecule has 3 aliphatic rings. The Morgan fingerprint density at radius 3 is 3.05 bits per heavy atom. The van der Waals surface area contributed by atoms with Gasteiger partial charge in [-0.25, -0.2) is 0 Å². The molecular weight excluding hydrogens is 278 g/mol. The molecule has 4 heterocycles. The number of ether oxygens (including phenoxy) is 2. The summed E-state index contributed by atoms with van der Waals surface area (Å²) in [6, 6.07) is 4.69. The molecule has 0 bridgehead atoms. The molecule has 0 amide bonds. The molecule has 120 valence electrons. The van der Waals surface area contributed by atoms with Crippen molar-refractivity contribution < 1.29 is 9.47 Å². The Labute approximate surface area is 132 Å². The zero-order valence-corrected chi connectivity index (χ0v) is 13.1. The number of nitrogens with zero attached hydrogens (tertiary/aromatic N) is 3. The maximum Gasteiger partial charge on any atom is 0.0870 e. The second-order valence-corrected chi connectivity index (χ2v) is 6.66. The average molecular weight is 303 g/mol. The van der Waals surface area contributed by atoms with Crippen LogP contribution in [-0.2, 0) is 16.0 Å². The predicted octanol–water partition coefficient (Wildman–Crippen LogP) is 1.15. The summed E-state index contributed by atoms with van der Waals surface area (Å²) in [5.41, 5.74) is 1.28. The monoisotopic (exact) mass is 303 g/mol. The molecule has 0 aromatic carbocycles. The molecule has 0 N–H and O–H groups in total. The standard InChI is InChI=1S/C17H25N3O2/c1-3-14(9-18-5-1)10-19-12-16-17(13-19)22-8-6-20(16)11-15-4-2-7-21-15/h1,3,5,9,15-17H,2,4,6-8,10-13H2/t15?,16-,17+/m1/s1. The summed E-state index contributed by atoms with van der Waals surface area (Å²) in [7, 11) is 0. The second-order valence-electron chi connectivity index (χ2n) is 6.66. The molecule has 3 saturated heterocycles. The van der Waals surface area contributed by atoms with E-state index >= 15 is 0 Å². The van der Waals surface area contributed by atoms with Gasteiger partial charge in [-0.1, -0.05) is 6.07 Å². The van der Waals surface area contributed by atoms with Crippen LogP contribution in [0.2, 0.25) is 0 Å². The Balaban J connectivity index is 1.37. The molecule has 0 saturated carbocycles. The van der Waals surface area contributed by atoms with Crippen molar-refractivity contribution in [2.24, 2.45) is 0 Å². The van der Waals surface area contributed by atoms with E-state index in [1.807, 2.05) is 18.5 Å². The zero-order valence-electron chi connectivity index (χ0n) is 13.1. The van der Waals surface area contributed by atoms with Crippen molar-refractivity contribution in [3.05, 3.63) is 30.1 Å². The largest absolute Gasteiger partial charge is 0.377 e. The lowest BCUT2D eigenvalue weighted by atomic mass is 10.1. The molecule has 0 spiro atoms. The first kappa shape index (κ1) is 14.6. The van der Waals surface area contributed by atoms with E-state index in [1.165, 1.54) is 18.4 Å². The Morgan fingerprint density at radius 1 is 1.23 bits per heavy atom. The third-order valence-electron chi connectivity index (χ3n) is 5.08. The topological polar surface area (TPSA) is 37.8 Å². The molecule has 1 unspecified atom stereocenters. The fourth-order valence-corrected chi connectivity index (χ4v) is 3.99. The first-order valence-corrected chi connectivity index (χ1v) is 8.47. The molecule has 3 aliphatic heterocycles. The van der Waals surface area contributed by atoms with Crippen LogP contribution in [0.3, 0.4) is 0 Å². The summed E-state index contributed by atoms with van der Waals surface area (Å²) in [5.74, 6) is 0. The highest BCUT2D eigenvalue weighted by atomic mass is 16.5. The van der Waals surface area contributed by atoms with Crippen LogP contribution in [0.25, 0.3) is 0 Å². The van der Waals surface area contributed by atoms with E-state index in [0.717, 1.165) is 45.9 Å². The second kappa shape index (κ2) is 6.62. The van der Waals surface area contributed by atoms with Crippen LogP contribution >= 0.6 is 0 Å². The molecule has 3 atom stereocenters. The van der Waals surface area contributed by atoms with Crippen LogP contribution in [0, 0.1) is 0 Å². The minimum absolute atomic E-state index is 0.354. The van der Waals surface area contributed by atoms with Crippen molar-refractivity contribution in [2.75, 3.05) is 39.4 Å². The lowest BCUT2D eigenvalue weighted by Gasteiger charge is -2.38. The van der Waals surface area contributed by atoms with Crippen molar-refractivity contribution >= 4 is 0 Å². The van der Waals surface area contributed by atoms with E-state index in [1.54, 1.807) is 0 Å². The van der Waals surface area contributed by atoms with Crippen molar-refractivity contribution in [3.63, 3.8) is 0 Å². The fraction of sp³-hybridized carbons (Fsp3) is 0.706. The van der Waals surface area contributed by atoms with Gasteiger partial charge in [0.05, 0.1) is 18.8 Å². The smallest absolute Gasteiger partial charge is 0.0870 e. The summed E-state index contributed by atoms with van der Waals surface area (Å²) in [4.78, 5) is 9.32. The predicted molar refractivity (Wildman–Crippen MR) is 83.6 cm³/mol. The maximum atomic E-state index is 6.02. The van der Waals surface area contributed by atoms with Crippen molar-refractivity contribution in [1.29, 1.82) is 0 Å². The van der Waals surface area contributed by atoms with Crippen molar-refractivity contribution in [3.8, 4) is 0 Å². The number of rotatable bonds is 4. The van der Waals surface area contributed by atoms with Crippen molar-refractivity contribution in [1.82, 2.24) is 14.8 Å². The third-order valence-corrected chi connectivity index (χ3v) is 5.08. The number of morpholine rings is 1. The van der Waals surface area contributed by atoms with E-state index in [-0.39, 0.29) is 0 Å². The van der Waals surface area contributed by atoms with Crippen LogP contribution < -0.4 is 0 Å². The molecular formula is C17H25N3O2. The van der Waals surface area contributed by atoms with Gasteiger partial charge in [0.1, 0.15) is 0 Å². The molecule has 3 fully saturated rings. The first-order valence-electron chi connectivity index (χ1n) is 8.47. The lowest BCUT2D eigenvalue weighted by Crippen LogP contribution is -2.52. The third kappa shape index (κ3) is 3.18. The molecule has 5 heteroatoms. The van der Waals surface area contributed by atoms with Crippen molar-refractivity contribution in [2.45, 2.75) is 37.6 Å². The summed E-state index contributed by atoms with van der Waals surface area (Å²) in [5, 5.41) is 0. The molecule has 4 rings (SSSR count). The Morgan fingerprint density at radius 2 is 2.23 bits per heavy atom. The Bertz CT molecular complexity index is 478. The SMILES string of the molecule is c1cncc(CN2C[C@@H]3OCCN(CC4CCCO4)[C@@H]3C2)c1. The lowest BCUT2D eigenvalue weighted by molar-refractivity contribution is -0.0615. The van der Waals surface area contributed by atoms with Crippen LogP contribution in [0.15, 0.2) is 24.5 Å². The highest BCUT2D eigenvalue weighted by Gasteiger charge is 2.40. The van der Waals surface area contributed by atoms with Crippen LogP contribution in [0.4, 0.5) is 0 Å². The van der Waals surface area contributed by atoms with Gasteiger partial charge >= 0.3 is 0 Å². The number of aromatic nitrogens is 1. The zero-order chi connectivity index (χ0) is 14.8. The number of pyridine rings is 1. The van der Waals surface area contributed by atoms with Gasteiger partial charge in [-0.05, 0) is 24.5 Å². The van der Waals surface area contributed by atoms with Gasteiger partial charge in [0, 0.05) is 57.8 Å². The quantitative estimate of drug-likeness (QED) is 0.834. The van der Waals surface area contributed by atoms with Gasteiger partial charge in [0.15, 0.2) is 0 Å². The Hall–Kier alpha value is -1.01. The first-order chi connectivity index (χ1) is 10.9. The molecule has 0 aliphatic carbocycles. The van der Waals surface area contributed by atoms with E-state index in [4.69, 9.17) is 9.47 Å². The summed E-state index contributed by atoms with van der Waals surface area (Å²) in [6.45, 7) is 7.00. The molecule has 1 aromatic rings. The molecule has 5 nitrogen and oxygen atoms in total. The van der Waals surface area contributed by atoms with E-state index in [9.17, 15) is 0 Å². The minimum atomic E-state index is 0.354. The fourth-order valence-electron chi connectivity index (χ4n) is 3.99. The van der Waals surface area contributed by atoms with Gasteiger partial charge in [-0.15, -0.1) is 0 Å². The van der Waals surface area contributed by atoms with Gasteiger partial charge in [-0.3, -0.25) is 14.8 Å². The maximum absolute atomic E-state index is 6.02. The average Bonchev–Trinajstić information content (AvgIpc) is 3.18. The van der Waals surface area contributed by atoms with E-state index in [0.29, 0.717) is 18.2 Å². The van der Waals surface area contributed by atoms with Crippen LogP contribution in [0.1, 0.15) is 18.4 Å². The van der Waals surface area contributed by atoms with Crippen LogP contribution in [-0.4, -0.2) is 72.4 Å². The van der Waals surface area contributed by atoms with Gasteiger partial charge in [-0.2, -0.15) is 0 Å². The molecule has 0 radical (unpaired) electrons. The summed E-state index contributed by atoms with van der Waals surface area (Å²) < 4.78 is 11.8. The number of fused-ring (bicyclic) bond motifs is 1. The normalized spacial score (nSPS) is 33.2. The Kier molecular flexibility index (Phi) is 4.39. The number of hydrogen-bond acceptors (Lipinski definition) is 5. The van der Waals surface area contributed by atoms with E-state index < -0.39 is 0 Å².